The van der Waals surface area contributed by atoms with E-state index >= 15 is 0 Å². The highest BCUT2D eigenvalue weighted by atomic mass is 16.7. The summed E-state index contributed by atoms with van der Waals surface area (Å²) in [6.45, 7) is 4.39. The normalized spacial score (nSPS) is 23.0. The molecule has 32 heavy (non-hydrogen) atoms. The Hall–Kier alpha value is -2.28. The minimum absolute atomic E-state index is 0.0958. The van der Waals surface area contributed by atoms with Crippen LogP contribution in [0.25, 0.3) is 0 Å². The van der Waals surface area contributed by atoms with Gasteiger partial charge < -0.3 is 29.0 Å². The van der Waals surface area contributed by atoms with Crippen molar-refractivity contribution in [2.45, 2.75) is 50.4 Å². The Bertz CT molecular complexity index is 867. The molecule has 0 radical (unpaired) electrons. The van der Waals surface area contributed by atoms with E-state index in [1.807, 2.05) is 24.3 Å². The summed E-state index contributed by atoms with van der Waals surface area (Å²) in [6.07, 6.45) is 3.48. The maximum absolute atomic E-state index is 6.13. The van der Waals surface area contributed by atoms with Crippen LogP contribution in [0.3, 0.4) is 0 Å². The monoisotopic (exact) mass is 443 g/mol. The van der Waals surface area contributed by atoms with Crippen LogP contribution in [0.2, 0.25) is 0 Å². The summed E-state index contributed by atoms with van der Waals surface area (Å²) in [7, 11) is 6.80. The molecule has 2 aromatic carbocycles. The number of ether oxygens (including phenoxy) is 5. The molecule has 0 spiro atoms. The minimum atomic E-state index is -0.567. The second-order valence-corrected chi connectivity index (χ2v) is 8.34. The van der Waals surface area contributed by atoms with Gasteiger partial charge in [-0.25, -0.2) is 0 Å². The summed E-state index contributed by atoms with van der Waals surface area (Å²) in [4.78, 5) is 0. The van der Waals surface area contributed by atoms with Gasteiger partial charge in [-0.15, -0.1) is 0 Å². The SMILES string of the molecule is CCC1(OC)CC(CCNCc2ccc(OC)c(OC)c2)(c2ccccc2OC)CCO1. The van der Waals surface area contributed by atoms with Crippen molar-refractivity contribution in [3.8, 4) is 17.2 Å². The Labute approximate surface area is 192 Å². The lowest BCUT2D eigenvalue weighted by molar-refractivity contribution is -0.258. The molecule has 1 aliphatic heterocycles. The molecule has 1 N–H and O–H groups in total. The van der Waals surface area contributed by atoms with Crippen molar-refractivity contribution in [1.29, 1.82) is 0 Å². The molecule has 2 aromatic rings. The third-order valence-corrected chi connectivity index (χ3v) is 6.70. The molecule has 0 saturated carbocycles. The molecule has 176 valence electrons. The summed E-state index contributed by atoms with van der Waals surface area (Å²) < 4.78 is 28.5. The van der Waals surface area contributed by atoms with E-state index < -0.39 is 5.79 Å². The number of methoxy groups -OCH3 is 4. The maximum atomic E-state index is 6.13. The topological polar surface area (TPSA) is 58.2 Å². The van der Waals surface area contributed by atoms with Gasteiger partial charge in [-0.3, -0.25) is 0 Å². The van der Waals surface area contributed by atoms with E-state index in [0.717, 1.165) is 61.6 Å². The van der Waals surface area contributed by atoms with Gasteiger partial charge in [-0.2, -0.15) is 0 Å². The van der Waals surface area contributed by atoms with Crippen LogP contribution in [0.5, 0.6) is 17.2 Å². The second kappa shape index (κ2) is 11.0. The van der Waals surface area contributed by atoms with Crippen LogP contribution < -0.4 is 19.5 Å². The zero-order valence-electron chi connectivity index (χ0n) is 20.0. The highest BCUT2D eigenvalue weighted by molar-refractivity contribution is 5.43. The average Bonchev–Trinajstić information content (AvgIpc) is 2.86. The quantitative estimate of drug-likeness (QED) is 0.509. The summed E-state index contributed by atoms with van der Waals surface area (Å²) in [5, 5.41) is 3.61. The highest BCUT2D eigenvalue weighted by Crippen LogP contribution is 2.48. The Kier molecular flexibility index (Phi) is 8.40. The van der Waals surface area contributed by atoms with Crippen LogP contribution in [0, 0.1) is 0 Å². The molecule has 3 rings (SSSR count). The molecule has 1 heterocycles. The van der Waals surface area contributed by atoms with Crippen LogP contribution in [-0.2, 0) is 21.4 Å². The lowest BCUT2D eigenvalue weighted by Gasteiger charge is -2.47. The van der Waals surface area contributed by atoms with Crippen molar-refractivity contribution >= 4 is 0 Å². The molecule has 2 unspecified atom stereocenters. The molecule has 0 aromatic heterocycles. The fourth-order valence-electron chi connectivity index (χ4n) is 4.80. The molecule has 0 aliphatic carbocycles. The van der Waals surface area contributed by atoms with Gasteiger partial charge in [0, 0.05) is 31.1 Å². The summed E-state index contributed by atoms with van der Waals surface area (Å²) in [5.41, 5.74) is 2.29. The lowest BCUT2D eigenvalue weighted by atomic mass is 9.68. The molecule has 6 heteroatoms. The third-order valence-electron chi connectivity index (χ3n) is 6.70. The first-order valence-corrected chi connectivity index (χ1v) is 11.3. The fourth-order valence-corrected chi connectivity index (χ4v) is 4.80. The highest BCUT2D eigenvalue weighted by Gasteiger charge is 2.47. The van der Waals surface area contributed by atoms with Crippen molar-refractivity contribution in [3.05, 3.63) is 53.6 Å². The molecule has 2 atom stereocenters. The van der Waals surface area contributed by atoms with Gasteiger partial charge in [0.05, 0.1) is 27.9 Å². The van der Waals surface area contributed by atoms with Crippen molar-refractivity contribution in [3.63, 3.8) is 0 Å². The van der Waals surface area contributed by atoms with Crippen molar-refractivity contribution in [2.24, 2.45) is 0 Å². The fraction of sp³-hybridized carbons (Fsp3) is 0.538. The van der Waals surface area contributed by atoms with E-state index in [1.54, 1.807) is 28.4 Å². The number of hydrogen-bond donors (Lipinski definition) is 1. The molecule has 6 nitrogen and oxygen atoms in total. The van der Waals surface area contributed by atoms with Gasteiger partial charge in [0.25, 0.3) is 0 Å². The second-order valence-electron chi connectivity index (χ2n) is 8.34. The Morgan fingerprint density at radius 3 is 2.38 bits per heavy atom. The van der Waals surface area contributed by atoms with Crippen molar-refractivity contribution < 1.29 is 23.7 Å². The van der Waals surface area contributed by atoms with E-state index in [4.69, 9.17) is 23.7 Å². The van der Waals surface area contributed by atoms with Crippen molar-refractivity contribution in [1.82, 2.24) is 5.32 Å². The molecule has 1 fully saturated rings. The molecular formula is C26H37NO5. The van der Waals surface area contributed by atoms with Crippen LogP contribution in [0.4, 0.5) is 0 Å². The number of hydrogen-bond acceptors (Lipinski definition) is 6. The largest absolute Gasteiger partial charge is 0.496 e. The van der Waals surface area contributed by atoms with Gasteiger partial charge >= 0.3 is 0 Å². The molecular weight excluding hydrogens is 406 g/mol. The van der Waals surface area contributed by atoms with E-state index in [0.29, 0.717) is 6.61 Å². The summed E-state index contributed by atoms with van der Waals surface area (Å²) in [6, 6.07) is 14.4. The number of para-hydroxylation sites is 1. The number of rotatable bonds is 11. The van der Waals surface area contributed by atoms with E-state index in [9.17, 15) is 0 Å². The standard InChI is InChI=1S/C26H37NO5/c1-6-26(31-5)19-25(14-16-32-26,21-9-7-8-10-22(21)28-2)13-15-27-18-20-11-12-23(29-3)24(17-20)30-4/h7-12,17,27H,6,13-16,18-19H2,1-5H3. The smallest absolute Gasteiger partial charge is 0.168 e. The van der Waals surface area contributed by atoms with Gasteiger partial charge in [0.1, 0.15) is 5.75 Å². The molecule has 1 aliphatic rings. The van der Waals surface area contributed by atoms with Gasteiger partial charge in [-0.1, -0.05) is 31.2 Å². The Morgan fingerprint density at radius 1 is 0.938 bits per heavy atom. The Morgan fingerprint density at radius 2 is 1.69 bits per heavy atom. The first-order chi connectivity index (χ1) is 15.5. The zero-order valence-corrected chi connectivity index (χ0v) is 20.0. The van der Waals surface area contributed by atoms with Gasteiger partial charge in [0.2, 0.25) is 0 Å². The van der Waals surface area contributed by atoms with E-state index in [-0.39, 0.29) is 5.41 Å². The van der Waals surface area contributed by atoms with E-state index in [1.165, 1.54) is 5.56 Å². The first kappa shape index (κ1) is 24.4. The minimum Gasteiger partial charge on any atom is -0.496 e. The van der Waals surface area contributed by atoms with Crippen LogP contribution in [0.1, 0.15) is 43.7 Å². The van der Waals surface area contributed by atoms with Gasteiger partial charge in [-0.05, 0) is 49.6 Å². The third kappa shape index (κ3) is 5.20. The van der Waals surface area contributed by atoms with E-state index in [2.05, 4.69) is 30.4 Å². The zero-order chi connectivity index (χ0) is 23.0. The average molecular weight is 444 g/mol. The maximum Gasteiger partial charge on any atom is 0.168 e. The predicted molar refractivity (Wildman–Crippen MR) is 126 cm³/mol. The Balaban J connectivity index is 1.77. The lowest BCUT2D eigenvalue weighted by Crippen LogP contribution is -2.49. The molecule has 0 amide bonds. The molecule has 1 saturated heterocycles. The van der Waals surface area contributed by atoms with Gasteiger partial charge in [0.15, 0.2) is 17.3 Å². The van der Waals surface area contributed by atoms with Crippen LogP contribution in [0.15, 0.2) is 42.5 Å². The summed E-state index contributed by atoms with van der Waals surface area (Å²) in [5.74, 6) is 1.84. The number of benzene rings is 2. The number of nitrogens with one attached hydrogen (secondary N) is 1. The van der Waals surface area contributed by atoms with Crippen LogP contribution in [-0.4, -0.2) is 47.4 Å². The first-order valence-electron chi connectivity index (χ1n) is 11.3. The van der Waals surface area contributed by atoms with Crippen molar-refractivity contribution in [2.75, 3.05) is 41.6 Å². The molecule has 0 bridgehead atoms. The summed E-state index contributed by atoms with van der Waals surface area (Å²) >= 11 is 0. The predicted octanol–water partition coefficient (Wildman–Crippen LogP) is 4.69. The van der Waals surface area contributed by atoms with Crippen LogP contribution >= 0.6 is 0 Å².